The molecule has 0 fully saturated rings. The van der Waals surface area contributed by atoms with Gasteiger partial charge in [-0.25, -0.2) is 0 Å². The molecule has 0 heterocycles. The van der Waals surface area contributed by atoms with Gasteiger partial charge < -0.3 is 5.32 Å². The first-order valence-corrected chi connectivity index (χ1v) is 6.22. The van der Waals surface area contributed by atoms with Crippen LogP contribution in [0.25, 0.3) is 0 Å². The van der Waals surface area contributed by atoms with Crippen molar-refractivity contribution < 1.29 is 4.92 Å². The highest BCUT2D eigenvalue weighted by atomic mass is 35.5. The number of benzene rings is 1. The van der Waals surface area contributed by atoms with Crippen LogP contribution < -0.4 is 10.7 Å². The van der Waals surface area contributed by atoms with Gasteiger partial charge in [0.25, 0.3) is 5.69 Å². The molecule has 0 aliphatic rings. The van der Waals surface area contributed by atoms with Crippen molar-refractivity contribution in [2.75, 3.05) is 0 Å². The van der Waals surface area contributed by atoms with E-state index in [1.807, 2.05) is 13.8 Å². The van der Waals surface area contributed by atoms with E-state index in [0.29, 0.717) is 10.7 Å². The van der Waals surface area contributed by atoms with E-state index in [1.165, 1.54) is 18.3 Å². The Morgan fingerprint density at radius 2 is 2.26 bits per heavy atom. The van der Waals surface area contributed by atoms with Crippen LogP contribution in [0.15, 0.2) is 23.3 Å². The topological polar surface area (TPSA) is 79.6 Å². The molecule has 1 rings (SSSR count). The predicted octanol–water partition coefficient (Wildman–Crippen LogP) is 2.45. The number of nitrogens with zero attached hydrogens (tertiary/aromatic N) is 2. The first-order valence-electron chi connectivity index (χ1n) is 5.43. The molecule has 0 saturated heterocycles. The van der Waals surface area contributed by atoms with E-state index in [2.05, 4.69) is 15.8 Å². The zero-order valence-corrected chi connectivity index (χ0v) is 12.0. The fourth-order valence-corrected chi connectivity index (χ4v) is 1.68. The lowest BCUT2D eigenvalue weighted by Gasteiger charge is -2.09. The summed E-state index contributed by atoms with van der Waals surface area (Å²) in [6, 6.07) is 4.62. The van der Waals surface area contributed by atoms with Gasteiger partial charge in [0.05, 0.1) is 11.1 Å². The Hall–Kier alpha value is -1.73. The summed E-state index contributed by atoms with van der Waals surface area (Å²) < 4.78 is 0. The highest BCUT2D eigenvalue weighted by Gasteiger charge is 2.11. The Bertz CT molecular complexity index is 519. The molecule has 8 heteroatoms. The molecule has 19 heavy (non-hydrogen) atoms. The Morgan fingerprint density at radius 3 is 2.84 bits per heavy atom. The van der Waals surface area contributed by atoms with Crippen LogP contribution >= 0.6 is 23.8 Å². The third kappa shape index (κ3) is 5.19. The molecule has 0 spiro atoms. The summed E-state index contributed by atoms with van der Waals surface area (Å²) in [5.41, 5.74) is 3.01. The summed E-state index contributed by atoms with van der Waals surface area (Å²) >= 11 is 10.7. The molecule has 2 N–H and O–H groups in total. The molecule has 0 saturated carbocycles. The van der Waals surface area contributed by atoms with Gasteiger partial charge in [0, 0.05) is 17.7 Å². The number of thiocarbonyl (C=S) groups is 1. The lowest BCUT2D eigenvalue weighted by molar-refractivity contribution is -0.384. The van der Waals surface area contributed by atoms with E-state index >= 15 is 0 Å². The smallest absolute Gasteiger partial charge is 0.288 e. The summed E-state index contributed by atoms with van der Waals surface area (Å²) in [4.78, 5) is 10.2. The van der Waals surface area contributed by atoms with Crippen LogP contribution in [0.4, 0.5) is 5.69 Å². The molecule has 0 radical (unpaired) electrons. The quantitative estimate of drug-likeness (QED) is 0.386. The predicted molar refractivity (Wildman–Crippen MR) is 79.7 cm³/mol. The van der Waals surface area contributed by atoms with E-state index < -0.39 is 4.92 Å². The molecule has 0 aliphatic carbocycles. The molecule has 1 aromatic carbocycles. The zero-order valence-electron chi connectivity index (χ0n) is 10.4. The van der Waals surface area contributed by atoms with Gasteiger partial charge in [-0.05, 0) is 32.1 Å². The van der Waals surface area contributed by atoms with Gasteiger partial charge in [-0.1, -0.05) is 17.7 Å². The normalized spacial score (nSPS) is 10.7. The third-order valence-electron chi connectivity index (χ3n) is 1.97. The number of hydrazone groups is 1. The lowest BCUT2D eigenvalue weighted by atomic mass is 10.2. The van der Waals surface area contributed by atoms with E-state index in [0.717, 1.165) is 0 Å². The average molecular weight is 301 g/mol. The summed E-state index contributed by atoms with van der Waals surface area (Å²) in [5.74, 6) is 0. The summed E-state index contributed by atoms with van der Waals surface area (Å²) in [6.07, 6.45) is 1.43. The SMILES string of the molecule is CC(C)NC(=S)N/N=C\c1ccc(Cl)c([N+](=O)[O-])c1. The molecule has 0 aliphatic heterocycles. The van der Waals surface area contributed by atoms with Crippen molar-refractivity contribution in [1.29, 1.82) is 0 Å². The maximum Gasteiger partial charge on any atom is 0.288 e. The number of nitrogens with one attached hydrogen (secondary N) is 2. The maximum absolute atomic E-state index is 10.7. The zero-order chi connectivity index (χ0) is 14.4. The maximum atomic E-state index is 10.7. The highest BCUT2D eigenvalue weighted by molar-refractivity contribution is 7.80. The Labute approximate surface area is 121 Å². The van der Waals surface area contributed by atoms with Gasteiger partial charge in [0.15, 0.2) is 5.11 Å². The Kier molecular flexibility index (Phi) is 5.65. The van der Waals surface area contributed by atoms with Crippen molar-refractivity contribution in [3.05, 3.63) is 38.9 Å². The summed E-state index contributed by atoms with van der Waals surface area (Å²) in [7, 11) is 0. The minimum atomic E-state index is -0.544. The van der Waals surface area contributed by atoms with E-state index in [1.54, 1.807) is 6.07 Å². The number of halogens is 1. The van der Waals surface area contributed by atoms with Crippen molar-refractivity contribution in [3.63, 3.8) is 0 Å². The molecule has 6 nitrogen and oxygen atoms in total. The van der Waals surface area contributed by atoms with Crippen molar-refractivity contribution in [1.82, 2.24) is 10.7 Å². The third-order valence-corrected chi connectivity index (χ3v) is 2.50. The van der Waals surface area contributed by atoms with Crippen LogP contribution in [-0.2, 0) is 0 Å². The van der Waals surface area contributed by atoms with Gasteiger partial charge >= 0.3 is 0 Å². The first kappa shape index (κ1) is 15.3. The minimum Gasteiger partial charge on any atom is -0.359 e. The van der Waals surface area contributed by atoms with Crippen molar-refractivity contribution in [2.24, 2.45) is 5.10 Å². The van der Waals surface area contributed by atoms with Gasteiger partial charge in [-0.15, -0.1) is 0 Å². The molecule has 0 amide bonds. The van der Waals surface area contributed by atoms with Crippen molar-refractivity contribution >= 4 is 40.8 Å². The minimum absolute atomic E-state index is 0.0899. The van der Waals surface area contributed by atoms with Crippen LogP contribution in [0.2, 0.25) is 5.02 Å². The van der Waals surface area contributed by atoms with Crippen LogP contribution in [0.5, 0.6) is 0 Å². The number of rotatable bonds is 4. The van der Waals surface area contributed by atoms with E-state index in [-0.39, 0.29) is 16.8 Å². The van der Waals surface area contributed by atoms with Gasteiger partial charge in [0.2, 0.25) is 0 Å². The van der Waals surface area contributed by atoms with Gasteiger partial charge in [-0.2, -0.15) is 5.10 Å². The first-order chi connectivity index (χ1) is 8.90. The molecule has 0 aromatic heterocycles. The number of nitro benzene ring substituents is 1. The average Bonchev–Trinajstić information content (AvgIpc) is 2.30. The number of hydrogen-bond donors (Lipinski definition) is 2. The fourth-order valence-electron chi connectivity index (χ4n) is 1.21. The summed E-state index contributed by atoms with van der Waals surface area (Å²) in [6.45, 7) is 3.89. The highest BCUT2D eigenvalue weighted by Crippen LogP contribution is 2.24. The van der Waals surface area contributed by atoms with Crippen LogP contribution in [-0.4, -0.2) is 22.3 Å². The Balaban J connectivity index is 2.70. The molecule has 0 unspecified atom stereocenters. The number of hydrogen-bond acceptors (Lipinski definition) is 4. The number of nitro groups is 1. The van der Waals surface area contributed by atoms with Crippen LogP contribution in [0.1, 0.15) is 19.4 Å². The van der Waals surface area contributed by atoms with E-state index in [4.69, 9.17) is 23.8 Å². The second kappa shape index (κ2) is 7.01. The van der Waals surface area contributed by atoms with E-state index in [9.17, 15) is 10.1 Å². The van der Waals surface area contributed by atoms with Crippen molar-refractivity contribution in [2.45, 2.75) is 19.9 Å². The fraction of sp³-hybridized carbons (Fsp3) is 0.273. The largest absolute Gasteiger partial charge is 0.359 e. The van der Waals surface area contributed by atoms with Crippen LogP contribution in [0, 0.1) is 10.1 Å². The molecule has 1 aromatic rings. The lowest BCUT2D eigenvalue weighted by Crippen LogP contribution is -2.36. The molecule has 102 valence electrons. The molecule has 0 bridgehead atoms. The van der Waals surface area contributed by atoms with Gasteiger partial charge in [0.1, 0.15) is 5.02 Å². The molecule has 0 atom stereocenters. The Morgan fingerprint density at radius 1 is 1.58 bits per heavy atom. The second-order valence-electron chi connectivity index (χ2n) is 3.97. The van der Waals surface area contributed by atoms with Crippen molar-refractivity contribution in [3.8, 4) is 0 Å². The van der Waals surface area contributed by atoms with Crippen LogP contribution in [0.3, 0.4) is 0 Å². The molecular weight excluding hydrogens is 288 g/mol. The van der Waals surface area contributed by atoms with Gasteiger partial charge in [-0.3, -0.25) is 15.5 Å². The molecular formula is C11H13ClN4O2S. The standard InChI is InChI=1S/C11H13ClN4O2S/c1-7(2)14-11(19)15-13-6-8-3-4-9(12)10(5-8)16(17)18/h3-7H,1-2H3,(H2,14,15,19)/b13-6-. The monoisotopic (exact) mass is 300 g/mol. The summed E-state index contributed by atoms with van der Waals surface area (Å²) in [5, 5.41) is 18.0. The second-order valence-corrected chi connectivity index (χ2v) is 4.78.